The Kier molecular flexibility index (Phi) is 7.57. The fourth-order valence-corrected chi connectivity index (χ4v) is 9.41. The number of carbonyl (C=O) groups excluding carboxylic acids is 2. The molecule has 1 N–H and O–H groups in total. The molecule has 5 atom stereocenters. The summed E-state index contributed by atoms with van der Waals surface area (Å²) in [4.78, 5) is 25.5. The number of sulfone groups is 1. The van der Waals surface area contributed by atoms with Crippen LogP contribution in [0.5, 0.6) is 0 Å². The van der Waals surface area contributed by atoms with Crippen LogP contribution in [0, 0.1) is 11.7 Å². The van der Waals surface area contributed by atoms with Gasteiger partial charge in [-0.3, -0.25) is 9.59 Å². The van der Waals surface area contributed by atoms with E-state index in [1.54, 1.807) is 0 Å². The largest absolute Gasteiger partial charge is 0.435 e. The molecule has 0 aromatic heterocycles. The van der Waals surface area contributed by atoms with E-state index in [0.717, 1.165) is 35.2 Å². The van der Waals surface area contributed by atoms with Crippen LogP contribution in [0.1, 0.15) is 42.4 Å². The number of fused-ring (bicyclic) bond motifs is 3. The Morgan fingerprint density at radius 3 is 2.14 bits per heavy atom. The number of nitrogens with one attached hydrogen (secondary N) is 1. The van der Waals surface area contributed by atoms with E-state index in [1.165, 1.54) is 7.05 Å². The van der Waals surface area contributed by atoms with Gasteiger partial charge in [-0.1, -0.05) is 18.2 Å². The van der Waals surface area contributed by atoms with Crippen LogP contribution in [0.15, 0.2) is 47.4 Å². The standard InChI is InChI=1S/C28H25F9N2O4S/c1-39-22(13-20(30)24(39)41)23(40)38-21-10-11-25(44(42,43)17-6-4-16(29)5-7-17)18-9-3-15(12-14(18)2-8-19(21)25)26(31,27(32,33)34)28(35,36)37/h3-7,9,12,19-22H,2,8,10-11,13H2,1H3,(H,38,40)/t19-,20+,21+,22-,25+/m0/s1. The maximum Gasteiger partial charge on any atom is 0.435 e. The number of hydrogen-bond donors (Lipinski definition) is 1. The first-order valence-electron chi connectivity index (χ1n) is 13.4. The van der Waals surface area contributed by atoms with Gasteiger partial charge in [0.1, 0.15) is 16.6 Å². The number of alkyl halides is 8. The lowest BCUT2D eigenvalue weighted by Crippen LogP contribution is -2.52. The average molecular weight is 657 g/mol. The van der Waals surface area contributed by atoms with Gasteiger partial charge in [-0.2, -0.15) is 26.3 Å². The van der Waals surface area contributed by atoms with E-state index >= 15 is 0 Å². The van der Waals surface area contributed by atoms with Crippen molar-refractivity contribution in [3.8, 4) is 0 Å². The van der Waals surface area contributed by atoms with E-state index in [1.807, 2.05) is 0 Å². The molecule has 44 heavy (non-hydrogen) atoms. The molecule has 2 aromatic rings. The van der Waals surface area contributed by atoms with E-state index in [0.29, 0.717) is 6.07 Å². The zero-order valence-electron chi connectivity index (χ0n) is 22.8. The number of likely N-dealkylation sites (tertiary alicyclic amines) is 1. The number of benzene rings is 2. The zero-order chi connectivity index (χ0) is 32.6. The summed E-state index contributed by atoms with van der Waals surface area (Å²) in [5.74, 6) is -3.44. The van der Waals surface area contributed by atoms with Crippen molar-refractivity contribution >= 4 is 21.7 Å². The molecule has 240 valence electrons. The summed E-state index contributed by atoms with van der Waals surface area (Å²) >= 11 is 0. The van der Waals surface area contributed by atoms with Crippen LogP contribution in [-0.2, 0) is 36.3 Å². The number of rotatable bonds is 5. The number of aryl methyl sites for hydroxylation is 1. The van der Waals surface area contributed by atoms with Crippen molar-refractivity contribution in [2.24, 2.45) is 5.92 Å². The predicted octanol–water partition coefficient (Wildman–Crippen LogP) is 5.19. The number of amides is 2. The Hall–Kier alpha value is -3.30. The molecule has 2 aliphatic carbocycles. The third-order valence-corrected chi connectivity index (χ3v) is 11.7. The zero-order valence-corrected chi connectivity index (χ0v) is 23.6. The summed E-state index contributed by atoms with van der Waals surface area (Å²) in [5.41, 5.74) is -7.92. The molecular weight excluding hydrogens is 631 g/mol. The molecule has 0 radical (unpaired) electrons. The molecule has 2 aromatic carbocycles. The second kappa shape index (κ2) is 10.4. The quantitative estimate of drug-likeness (QED) is 0.355. The number of nitrogens with zero attached hydrogens (tertiary/aromatic N) is 1. The Morgan fingerprint density at radius 2 is 1.59 bits per heavy atom. The van der Waals surface area contributed by atoms with Gasteiger partial charge >= 0.3 is 18.0 Å². The van der Waals surface area contributed by atoms with Crippen molar-refractivity contribution < 1.29 is 57.5 Å². The summed E-state index contributed by atoms with van der Waals surface area (Å²) < 4.78 is 150. The highest BCUT2D eigenvalue weighted by molar-refractivity contribution is 7.92. The minimum atomic E-state index is -6.38. The normalized spacial score (nSPS) is 27.7. The highest BCUT2D eigenvalue weighted by Gasteiger charge is 2.74. The molecule has 6 nitrogen and oxygen atoms in total. The smallest absolute Gasteiger partial charge is 0.351 e. The second-order valence-corrected chi connectivity index (χ2v) is 13.5. The molecule has 3 aliphatic rings. The van der Waals surface area contributed by atoms with Crippen LogP contribution in [0.3, 0.4) is 0 Å². The summed E-state index contributed by atoms with van der Waals surface area (Å²) in [6, 6.07) is 2.92. The van der Waals surface area contributed by atoms with Crippen LogP contribution >= 0.6 is 0 Å². The van der Waals surface area contributed by atoms with Gasteiger partial charge in [-0.05, 0) is 61.1 Å². The number of hydrogen-bond acceptors (Lipinski definition) is 4. The van der Waals surface area contributed by atoms with Crippen LogP contribution in [0.25, 0.3) is 0 Å². The van der Waals surface area contributed by atoms with Gasteiger partial charge in [0, 0.05) is 31.0 Å². The summed E-state index contributed by atoms with van der Waals surface area (Å²) in [6.07, 6.45) is -15.8. The first-order valence-corrected chi connectivity index (χ1v) is 14.9. The van der Waals surface area contributed by atoms with Crippen molar-refractivity contribution in [1.29, 1.82) is 0 Å². The lowest BCUT2D eigenvalue weighted by atomic mass is 9.74. The molecule has 2 amide bonds. The van der Waals surface area contributed by atoms with Crippen molar-refractivity contribution in [2.75, 3.05) is 7.05 Å². The first kappa shape index (κ1) is 32.1. The SMILES string of the molecule is CN1C(=O)[C@H](F)C[C@H]1C(=O)N[C@@H]1CC[C@@]2(S(=O)(=O)c3ccc(F)cc3)c3ccc(C(F)(C(F)(F)F)C(F)(F)F)cc3CC[C@@H]12. The van der Waals surface area contributed by atoms with Crippen LogP contribution in [0.4, 0.5) is 39.5 Å². The Bertz CT molecular complexity index is 1580. The lowest BCUT2D eigenvalue weighted by molar-refractivity contribution is -0.348. The molecular formula is C28H25F9N2O4S. The van der Waals surface area contributed by atoms with Gasteiger partial charge in [0.05, 0.1) is 4.90 Å². The van der Waals surface area contributed by atoms with Crippen molar-refractivity contribution in [3.05, 3.63) is 65.0 Å². The molecule has 1 aliphatic heterocycles. The molecule has 1 saturated heterocycles. The Balaban J connectivity index is 1.62. The predicted molar refractivity (Wildman–Crippen MR) is 136 cm³/mol. The summed E-state index contributed by atoms with van der Waals surface area (Å²) in [6.45, 7) is 0. The van der Waals surface area contributed by atoms with E-state index in [-0.39, 0.29) is 47.8 Å². The monoisotopic (exact) mass is 656 g/mol. The minimum Gasteiger partial charge on any atom is -0.351 e. The summed E-state index contributed by atoms with van der Waals surface area (Å²) in [7, 11) is -3.36. The van der Waals surface area contributed by atoms with Crippen LogP contribution < -0.4 is 5.32 Å². The van der Waals surface area contributed by atoms with Crippen molar-refractivity contribution in [1.82, 2.24) is 10.2 Å². The average Bonchev–Trinajstić information content (AvgIpc) is 3.44. The maximum absolute atomic E-state index is 14.9. The van der Waals surface area contributed by atoms with Gasteiger partial charge < -0.3 is 10.2 Å². The Morgan fingerprint density at radius 1 is 0.977 bits per heavy atom. The molecule has 1 saturated carbocycles. The molecule has 0 unspecified atom stereocenters. The van der Waals surface area contributed by atoms with Crippen molar-refractivity contribution in [3.63, 3.8) is 0 Å². The first-order chi connectivity index (χ1) is 20.3. The van der Waals surface area contributed by atoms with E-state index in [9.17, 15) is 57.5 Å². The topological polar surface area (TPSA) is 83.6 Å². The minimum absolute atomic E-state index is 0.0282. The summed E-state index contributed by atoms with van der Waals surface area (Å²) in [5, 5.41) is 2.67. The lowest BCUT2D eigenvalue weighted by Gasteiger charge is -2.43. The molecule has 1 heterocycles. The van der Waals surface area contributed by atoms with Gasteiger partial charge in [0.2, 0.25) is 5.91 Å². The van der Waals surface area contributed by atoms with E-state index in [4.69, 9.17) is 0 Å². The maximum atomic E-state index is 14.9. The van der Waals surface area contributed by atoms with Crippen molar-refractivity contribution in [2.45, 2.75) is 78.0 Å². The molecule has 2 fully saturated rings. The van der Waals surface area contributed by atoms with Crippen LogP contribution in [-0.4, -0.2) is 62.8 Å². The highest BCUT2D eigenvalue weighted by atomic mass is 32.2. The third-order valence-electron chi connectivity index (χ3n) is 9.12. The molecule has 16 heteroatoms. The fraction of sp³-hybridized carbons (Fsp3) is 0.500. The van der Waals surface area contributed by atoms with Gasteiger partial charge in [-0.15, -0.1) is 0 Å². The number of likely N-dealkylation sites (N-methyl/N-ethyl adjacent to an activating group) is 1. The highest BCUT2D eigenvalue weighted by Crippen LogP contribution is 2.59. The van der Waals surface area contributed by atoms with Gasteiger partial charge in [-0.25, -0.2) is 21.6 Å². The third kappa shape index (κ3) is 4.57. The second-order valence-electron chi connectivity index (χ2n) is 11.3. The van der Waals surface area contributed by atoms with Gasteiger partial charge in [0.15, 0.2) is 16.0 Å². The van der Waals surface area contributed by atoms with Gasteiger partial charge in [0.25, 0.3) is 5.91 Å². The number of halogens is 9. The Labute approximate surface area is 245 Å². The van der Waals surface area contributed by atoms with Crippen LogP contribution in [0.2, 0.25) is 0 Å². The van der Waals surface area contributed by atoms with E-state index < -0.39 is 86.4 Å². The molecule has 0 bridgehead atoms. The fourth-order valence-electron chi connectivity index (χ4n) is 6.94. The number of carbonyl (C=O) groups is 2. The molecule has 0 spiro atoms. The van der Waals surface area contributed by atoms with E-state index in [2.05, 4.69) is 5.32 Å². The molecule has 5 rings (SSSR count).